The van der Waals surface area contributed by atoms with Gasteiger partial charge < -0.3 is 10.1 Å². The smallest absolute Gasteiger partial charge is 0.305 e. The molecule has 1 amide bonds. The molecule has 0 unspecified atom stereocenters. The molecule has 5 nitrogen and oxygen atoms in total. The quantitative estimate of drug-likeness (QED) is 0.509. The topological polar surface area (TPSA) is 68.3 Å². The van der Waals surface area contributed by atoms with Crippen LogP contribution in [0.4, 0.5) is 0 Å². The predicted molar refractivity (Wildman–Crippen MR) is 65.5 cm³/mol. The van der Waals surface area contributed by atoms with Crippen LogP contribution in [0.15, 0.2) is 22.9 Å². The Kier molecular flexibility index (Phi) is 5.62. The molecular weight excluding hydrogens is 288 g/mol. The maximum atomic E-state index is 11.7. The summed E-state index contributed by atoms with van der Waals surface area (Å²) in [4.78, 5) is 26.5. The fourth-order valence-electron chi connectivity index (χ4n) is 1.19. The number of pyridine rings is 1. The van der Waals surface area contributed by atoms with Gasteiger partial charge in [-0.1, -0.05) is 0 Å². The summed E-state index contributed by atoms with van der Waals surface area (Å²) >= 11 is 3.19. The summed E-state index contributed by atoms with van der Waals surface area (Å²) in [7, 11) is 1.34. The van der Waals surface area contributed by atoms with E-state index in [4.69, 9.17) is 0 Å². The molecule has 92 valence electrons. The van der Waals surface area contributed by atoms with Gasteiger partial charge in [-0.15, -0.1) is 0 Å². The zero-order valence-electron chi connectivity index (χ0n) is 9.40. The summed E-state index contributed by atoms with van der Waals surface area (Å²) in [5, 5.41) is 2.70. The van der Waals surface area contributed by atoms with E-state index in [-0.39, 0.29) is 11.9 Å². The first kappa shape index (κ1) is 13.6. The van der Waals surface area contributed by atoms with Gasteiger partial charge in [0.15, 0.2) is 0 Å². The molecule has 17 heavy (non-hydrogen) atoms. The van der Waals surface area contributed by atoms with E-state index in [1.54, 1.807) is 18.3 Å². The molecule has 0 atom stereocenters. The fraction of sp³-hybridized carbons (Fsp3) is 0.364. The van der Waals surface area contributed by atoms with E-state index in [1.807, 2.05) is 0 Å². The lowest BCUT2D eigenvalue weighted by molar-refractivity contribution is -0.140. The maximum Gasteiger partial charge on any atom is 0.305 e. The minimum absolute atomic E-state index is 0.213. The monoisotopic (exact) mass is 300 g/mol. The van der Waals surface area contributed by atoms with Gasteiger partial charge in [0, 0.05) is 19.2 Å². The van der Waals surface area contributed by atoms with Crippen LogP contribution in [0.5, 0.6) is 0 Å². The number of ether oxygens (including phenoxy) is 1. The molecule has 1 heterocycles. The molecule has 0 radical (unpaired) electrons. The maximum absolute atomic E-state index is 11.7. The molecule has 0 bridgehead atoms. The number of rotatable bonds is 5. The molecule has 0 aliphatic heterocycles. The number of hydrogen-bond acceptors (Lipinski definition) is 4. The van der Waals surface area contributed by atoms with Gasteiger partial charge in [-0.25, -0.2) is 4.98 Å². The normalized spacial score (nSPS) is 9.76. The molecule has 0 aliphatic carbocycles. The summed E-state index contributed by atoms with van der Waals surface area (Å²) in [5.74, 6) is -0.489. The Bertz CT molecular complexity index is 409. The molecule has 0 saturated carbocycles. The third kappa shape index (κ3) is 4.52. The van der Waals surface area contributed by atoms with Gasteiger partial charge in [0.2, 0.25) is 0 Å². The Morgan fingerprint density at radius 1 is 1.53 bits per heavy atom. The summed E-state index contributed by atoms with van der Waals surface area (Å²) in [6.45, 7) is 0.426. The number of carbonyl (C=O) groups excluding carboxylic acids is 2. The lowest BCUT2D eigenvalue weighted by Crippen LogP contribution is -2.25. The molecular formula is C11H13BrN2O3. The van der Waals surface area contributed by atoms with Crippen LogP contribution >= 0.6 is 15.9 Å². The number of nitrogens with zero attached hydrogens (tertiary/aromatic N) is 1. The Morgan fingerprint density at radius 2 is 2.29 bits per heavy atom. The van der Waals surface area contributed by atoms with Gasteiger partial charge >= 0.3 is 5.97 Å². The second-order valence-corrected chi connectivity index (χ2v) is 4.03. The van der Waals surface area contributed by atoms with Crippen molar-refractivity contribution in [3.8, 4) is 0 Å². The molecule has 0 spiro atoms. The van der Waals surface area contributed by atoms with Gasteiger partial charge in [0.1, 0.15) is 4.60 Å². The summed E-state index contributed by atoms with van der Waals surface area (Å²) in [5.41, 5.74) is 0.477. The number of esters is 1. The standard InChI is InChI=1S/C11H13BrN2O3/c1-17-9(15)5-3-7-14-11(16)8-4-2-6-13-10(8)12/h2,4,6H,3,5,7H2,1H3,(H,14,16). The van der Waals surface area contributed by atoms with Crippen molar-refractivity contribution in [2.24, 2.45) is 0 Å². The molecule has 0 aromatic carbocycles. The van der Waals surface area contributed by atoms with E-state index in [2.05, 4.69) is 31.0 Å². The summed E-state index contributed by atoms with van der Waals surface area (Å²) in [6.07, 6.45) is 2.44. The number of amides is 1. The van der Waals surface area contributed by atoms with E-state index in [1.165, 1.54) is 7.11 Å². The van der Waals surface area contributed by atoms with Crippen LogP contribution in [0.2, 0.25) is 0 Å². The number of methoxy groups -OCH3 is 1. The van der Waals surface area contributed by atoms with Crippen molar-refractivity contribution in [1.29, 1.82) is 0 Å². The van der Waals surface area contributed by atoms with E-state index in [0.29, 0.717) is 29.6 Å². The Labute approximate surface area is 108 Å². The van der Waals surface area contributed by atoms with Crippen molar-refractivity contribution in [3.05, 3.63) is 28.5 Å². The third-order valence-corrected chi connectivity index (χ3v) is 2.71. The minimum atomic E-state index is -0.276. The van der Waals surface area contributed by atoms with E-state index in [9.17, 15) is 9.59 Å². The van der Waals surface area contributed by atoms with E-state index < -0.39 is 0 Å². The first-order chi connectivity index (χ1) is 8.15. The average Bonchev–Trinajstić information content (AvgIpc) is 2.34. The van der Waals surface area contributed by atoms with Crippen LogP contribution in [0.1, 0.15) is 23.2 Å². The molecule has 0 aliphatic rings. The van der Waals surface area contributed by atoms with Crippen molar-refractivity contribution in [2.75, 3.05) is 13.7 Å². The first-order valence-corrected chi connectivity index (χ1v) is 5.90. The Balaban J connectivity index is 2.36. The highest BCUT2D eigenvalue weighted by molar-refractivity contribution is 9.10. The predicted octanol–water partition coefficient (Wildman–Crippen LogP) is 1.53. The SMILES string of the molecule is COC(=O)CCCNC(=O)c1cccnc1Br. The fourth-order valence-corrected chi connectivity index (χ4v) is 1.62. The van der Waals surface area contributed by atoms with Gasteiger partial charge in [0.25, 0.3) is 5.91 Å². The second kappa shape index (κ2) is 7.01. The lowest BCUT2D eigenvalue weighted by Gasteiger charge is -2.05. The third-order valence-electron chi connectivity index (χ3n) is 2.07. The highest BCUT2D eigenvalue weighted by Crippen LogP contribution is 2.11. The average molecular weight is 301 g/mol. The molecule has 0 fully saturated rings. The van der Waals surface area contributed by atoms with Crippen molar-refractivity contribution < 1.29 is 14.3 Å². The van der Waals surface area contributed by atoms with Crippen molar-refractivity contribution >= 4 is 27.8 Å². The van der Waals surface area contributed by atoms with Crippen LogP contribution in [-0.2, 0) is 9.53 Å². The van der Waals surface area contributed by atoms with Crippen molar-refractivity contribution in [3.63, 3.8) is 0 Å². The molecule has 1 aromatic heterocycles. The van der Waals surface area contributed by atoms with Crippen LogP contribution in [-0.4, -0.2) is 30.5 Å². The highest BCUT2D eigenvalue weighted by atomic mass is 79.9. The van der Waals surface area contributed by atoms with Gasteiger partial charge in [-0.05, 0) is 34.5 Å². The molecule has 1 rings (SSSR count). The number of nitrogens with one attached hydrogen (secondary N) is 1. The zero-order chi connectivity index (χ0) is 12.7. The van der Waals surface area contributed by atoms with Crippen LogP contribution in [0.3, 0.4) is 0 Å². The van der Waals surface area contributed by atoms with Gasteiger partial charge in [-0.3, -0.25) is 9.59 Å². The van der Waals surface area contributed by atoms with E-state index >= 15 is 0 Å². The van der Waals surface area contributed by atoms with Crippen LogP contribution < -0.4 is 5.32 Å². The first-order valence-electron chi connectivity index (χ1n) is 5.10. The summed E-state index contributed by atoms with van der Waals surface area (Å²) < 4.78 is 5.00. The number of carbonyl (C=O) groups is 2. The Morgan fingerprint density at radius 3 is 2.94 bits per heavy atom. The van der Waals surface area contributed by atoms with Crippen molar-refractivity contribution in [2.45, 2.75) is 12.8 Å². The second-order valence-electron chi connectivity index (χ2n) is 3.28. The molecule has 1 aromatic rings. The number of aromatic nitrogens is 1. The summed E-state index contributed by atoms with van der Waals surface area (Å²) in [6, 6.07) is 3.36. The Hall–Kier alpha value is -1.43. The molecule has 1 N–H and O–H groups in total. The van der Waals surface area contributed by atoms with Gasteiger partial charge in [-0.2, -0.15) is 0 Å². The lowest BCUT2D eigenvalue weighted by atomic mass is 10.2. The zero-order valence-corrected chi connectivity index (χ0v) is 11.0. The molecule has 6 heteroatoms. The van der Waals surface area contributed by atoms with E-state index in [0.717, 1.165) is 0 Å². The molecule has 0 saturated heterocycles. The van der Waals surface area contributed by atoms with Crippen LogP contribution in [0, 0.1) is 0 Å². The number of hydrogen-bond donors (Lipinski definition) is 1. The van der Waals surface area contributed by atoms with Crippen molar-refractivity contribution in [1.82, 2.24) is 10.3 Å². The van der Waals surface area contributed by atoms with Gasteiger partial charge in [0.05, 0.1) is 12.7 Å². The number of halogens is 1. The highest BCUT2D eigenvalue weighted by Gasteiger charge is 2.09. The van der Waals surface area contributed by atoms with Crippen LogP contribution in [0.25, 0.3) is 0 Å². The largest absolute Gasteiger partial charge is 0.469 e. The minimum Gasteiger partial charge on any atom is -0.469 e.